The lowest BCUT2D eigenvalue weighted by atomic mass is 9.99. The molecule has 0 atom stereocenters. The molecule has 1 aromatic carbocycles. The molecule has 16 heavy (non-hydrogen) atoms. The Bertz CT molecular complexity index is 367. The van der Waals surface area contributed by atoms with Crippen LogP contribution < -0.4 is 10.7 Å². The average molecular weight is 236 g/mol. The van der Waals surface area contributed by atoms with Gasteiger partial charge in [-0.3, -0.25) is 0 Å². The number of hydrogen-bond donors (Lipinski definition) is 2. The van der Waals surface area contributed by atoms with Crippen LogP contribution >= 0.6 is 0 Å². The highest BCUT2D eigenvalue weighted by Crippen LogP contribution is 2.27. The van der Waals surface area contributed by atoms with Crippen molar-refractivity contribution < 1.29 is 0 Å². The predicted molar refractivity (Wildman–Crippen MR) is 76.6 cm³/mol. The van der Waals surface area contributed by atoms with E-state index >= 15 is 0 Å². The standard InChI is InChI=1S/C13H24N2Si/c1-6-10-11(7-2)13(9-8-12(10)14)15-16(3,4)5/h8-9,15H,6-7,14H2,1-5H3. The zero-order chi connectivity index (χ0) is 12.3. The molecule has 3 heteroatoms. The van der Waals surface area contributed by atoms with Crippen molar-refractivity contribution in [2.45, 2.75) is 46.3 Å². The molecule has 0 amide bonds. The van der Waals surface area contributed by atoms with Gasteiger partial charge in [0, 0.05) is 11.4 Å². The average Bonchev–Trinajstić information content (AvgIpc) is 2.18. The lowest BCUT2D eigenvalue weighted by Crippen LogP contribution is -2.32. The van der Waals surface area contributed by atoms with Crippen LogP contribution in [0.4, 0.5) is 11.4 Å². The van der Waals surface area contributed by atoms with E-state index in [1.54, 1.807) is 0 Å². The van der Waals surface area contributed by atoms with Crippen molar-refractivity contribution in [2.75, 3.05) is 10.7 Å². The summed E-state index contributed by atoms with van der Waals surface area (Å²) >= 11 is 0. The first-order valence-corrected chi connectivity index (χ1v) is 9.57. The first-order chi connectivity index (χ1) is 7.39. The van der Waals surface area contributed by atoms with E-state index in [0.717, 1.165) is 18.5 Å². The van der Waals surface area contributed by atoms with Crippen LogP contribution in [0.1, 0.15) is 25.0 Å². The summed E-state index contributed by atoms with van der Waals surface area (Å²) < 4.78 is 0. The zero-order valence-corrected chi connectivity index (χ0v) is 12.1. The van der Waals surface area contributed by atoms with Crippen LogP contribution in [0.5, 0.6) is 0 Å². The van der Waals surface area contributed by atoms with Crippen molar-refractivity contribution in [1.29, 1.82) is 0 Å². The van der Waals surface area contributed by atoms with Crippen molar-refractivity contribution in [3.05, 3.63) is 23.3 Å². The van der Waals surface area contributed by atoms with Crippen molar-refractivity contribution >= 4 is 19.6 Å². The molecule has 1 rings (SSSR count). The Morgan fingerprint density at radius 3 is 2.06 bits per heavy atom. The monoisotopic (exact) mass is 236 g/mol. The second-order valence-electron chi connectivity index (χ2n) is 5.24. The molecule has 2 nitrogen and oxygen atoms in total. The predicted octanol–water partition coefficient (Wildman–Crippen LogP) is 3.64. The highest BCUT2D eigenvalue weighted by atomic mass is 28.3. The lowest BCUT2D eigenvalue weighted by Gasteiger charge is -2.24. The van der Waals surface area contributed by atoms with Crippen LogP contribution in [0.2, 0.25) is 19.6 Å². The number of anilines is 2. The molecule has 0 bridgehead atoms. The molecule has 3 N–H and O–H groups in total. The molecular weight excluding hydrogens is 212 g/mol. The van der Waals surface area contributed by atoms with Crippen LogP contribution in [0.15, 0.2) is 12.1 Å². The summed E-state index contributed by atoms with van der Waals surface area (Å²) in [6.45, 7) is 11.3. The summed E-state index contributed by atoms with van der Waals surface area (Å²) in [6.07, 6.45) is 2.05. The highest BCUT2D eigenvalue weighted by Gasteiger charge is 2.16. The number of nitrogens with two attached hydrogens (primary N) is 1. The first-order valence-electron chi connectivity index (χ1n) is 6.07. The third-order valence-corrected chi connectivity index (χ3v) is 3.70. The summed E-state index contributed by atoms with van der Waals surface area (Å²) in [5.41, 5.74) is 10.9. The molecule has 0 radical (unpaired) electrons. The molecule has 0 saturated heterocycles. The molecule has 0 saturated carbocycles. The van der Waals surface area contributed by atoms with Crippen molar-refractivity contribution in [3.8, 4) is 0 Å². The fraction of sp³-hybridized carbons (Fsp3) is 0.538. The van der Waals surface area contributed by atoms with Crippen LogP contribution in [0.25, 0.3) is 0 Å². The Kier molecular flexibility index (Phi) is 4.02. The van der Waals surface area contributed by atoms with Gasteiger partial charge in [-0.1, -0.05) is 33.5 Å². The molecule has 0 unspecified atom stereocenters. The Balaban J connectivity index is 3.19. The molecule has 0 aliphatic rings. The maximum atomic E-state index is 6.02. The smallest absolute Gasteiger partial charge is 0.144 e. The topological polar surface area (TPSA) is 38.0 Å². The second kappa shape index (κ2) is 4.91. The first kappa shape index (κ1) is 13.1. The van der Waals surface area contributed by atoms with Crippen molar-refractivity contribution in [2.24, 2.45) is 0 Å². The molecule has 0 spiro atoms. The number of hydrogen-bond acceptors (Lipinski definition) is 2. The van der Waals surface area contributed by atoms with E-state index in [9.17, 15) is 0 Å². The van der Waals surface area contributed by atoms with E-state index in [1.165, 1.54) is 16.8 Å². The van der Waals surface area contributed by atoms with E-state index in [1.807, 2.05) is 6.07 Å². The zero-order valence-electron chi connectivity index (χ0n) is 11.1. The fourth-order valence-electron chi connectivity index (χ4n) is 2.05. The minimum Gasteiger partial charge on any atom is -0.411 e. The minimum absolute atomic E-state index is 0.931. The van der Waals surface area contributed by atoms with Gasteiger partial charge in [0.2, 0.25) is 0 Å². The minimum atomic E-state index is -1.29. The second-order valence-corrected chi connectivity index (χ2v) is 9.99. The number of nitrogens with one attached hydrogen (secondary N) is 1. The number of rotatable bonds is 4. The van der Waals surface area contributed by atoms with Gasteiger partial charge in [-0.15, -0.1) is 0 Å². The van der Waals surface area contributed by atoms with E-state index < -0.39 is 8.24 Å². The van der Waals surface area contributed by atoms with Gasteiger partial charge in [0.1, 0.15) is 8.24 Å². The van der Waals surface area contributed by atoms with Crippen LogP contribution in [-0.4, -0.2) is 8.24 Å². The molecule has 90 valence electrons. The quantitative estimate of drug-likeness (QED) is 0.619. The number of nitrogen functional groups attached to an aromatic ring is 1. The maximum Gasteiger partial charge on any atom is 0.144 e. The van der Waals surface area contributed by atoms with Gasteiger partial charge in [-0.05, 0) is 36.1 Å². The molecule has 0 heterocycles. The van der Waals surface area contributed by atoms with Gasteiger partial charge in [-0.25, -0.2) is 0 Å². The Hall–Kier alpha value is -0.963. The molecule has 0 aliphatic carbocycles. The van der Waals surface area contributed by atoms with E-state index in [0.29, 0.717) is 0 Å². The number of benzene rings is 1. The molecule has 0 fully saturated rings. The largest absolute Gasteiger partial charge is 0.411 e. The third kappa shape index (κ3) is 3.01. The maximum absolute atomic E-state index is 6.02. The molecular formula is C13H24N2Si. The van der Waals surface area contributed by atoms with Gasteiger partial charge < -0.3 is 10.7 Å². The van der Waals surface area contributed by atoms with Gasteiger partial charge >= 0.3 is 0 Å². The molecule has 0 aliphatic heterocycles. The van der Waals surface area contributed by atoms with Crippen LogP contribution in [0, 0.1) is 0 Å². The van der Waals surface area contributed by atoms with Crippen LogP contribution in [-0.2, 0) is 12.8 Å². The van der Waals surface area contributed by atoms with Crippen molar-refractivity contribution in [3.63, 3.8) is 0 Å². The molecule has 1 aromatic rings. The summed E-state index contributed by atoms with van der Waals surface area (Å²) in [5, 5.41) is 0. The van der Waals surface area contributed by atoms with E-state index in [-0.39, 0.29) is 0 Å². The SMILES string of the molecule is CCc1c(N)ccc(N[Si](C)(C)C)c1CC. The summed E-state index contributed by atoms with van der Waals surface area (Å²) in [5.74, 6) is 0. The summed E-state index contributed by atoms with van der Waals surface area (Å²) in [7, 11) is -1.29. The van der Waals surface area contributed by atoms with Gasteiger partial charge in [-0.2, -0.15) is 0 Å². The fourth-order valence-corrected chi connectivity index (χ4v) is 3.10. The van der Waals surface area contributed by atoms with Crippen LogP contribution in [0.3, 0.4) is 0 Å². The Labute approximate surface area is 100 Å². The normalized spacial score (nSPS) is 11.6. The highest BCUT2D eigenvalue weighted by molar-refractivity contribution is 6.79. The van der Waals surface area contributed by atoms with Gasteiger partial charge in [0.25, 0.3) is 0 Å². The van der Waals surface area contributed by atoms with Gasteiger partial charge in [0.05, 0.1) is 0 Å². The third-order valence-electron chi connectivity index (χ3n) is 2.68. The lowest BCUT2D eigenvalue weighted by molar-refractivity contribution is 1.04. The Morgan fingerprint density at radius 2 is 1.62 bits per heavy atom. The Morgan fingerprint density at radius 1 is 1.06 bits per heavy atom. The molecule has 0 aromatic heterocycles. The summed E-state index contributed by atoms with van der Waals surface area (Å²) in [6, 6.07) is 4.16. The van der Waals surface area contributed by atoms with E-state index in [4.69, 9.17) is 5.73 Å². The summed E-state index contributed by atoms with van der Waals surface area (Å²) in [4.78, 5) is 3.69. The van der Waals surface area contributed by atoms with Crippen molar-refractivity contribution in [1.82, 2.24) is 0 Å². The van der Waals surface area contributed by atoms with Gasteiger partial charge in [0.15, 0.2) is 0 Å². The van der Waals surface area contributed by atoms with E-state index in [2.05, 4.69) is 44.5 Å².